The molecule has 1 aromatic rings. The Labute approximate surface area is 142 Å². The quantitative estimate of drug-likeness (QED) is 0.473. The van der Waals surface area contributed by atoms with Crippen molar-refractivity contribution in [2.24, 2.45) is 0 Å². The maximum atomic E-state index is 12.4. The first-order chi connectivity index (χ1) is 11.1. The van der Waals surface area contributed by atoms with Crippen molar-refractivity contribution in [3.8, 4) is 0 Å². The van der Waals surface area contributed by atoms with Gasteiger partial charge in [-0.1, -0.05) is 31.2 Å². The molecule has 1 aliphatic rings. The van der Waals surface area contributed by atoms with Gasteiger partial charge < -0.3 is 20.1 Å². The number of aryl methyl sites for hydroxylation is 1. The highest BCUT2D eigenvalue weighted by molar-refractivity contribution is 7.80. The number of ether oxygens (including phenoxy) is 2. The van der Waals surface area contributed by atoms with Crippen molar-refractivity contribution < 1.29 is 14.3 Å². The van der Waals surface area contributed by atoms with E-state index in [0.717, 1.165) is 12.0 Å². The molecule has 0 aliphatic carbocycles. The summed E-state index contributed by atoms with van der Waals surface area (Å²) in [5.41, 5.74) is 3.47. The fourth-order valence-corrected chi connectivity index (χ4v) is 2.73. The Morgan fingerprint density at radius 1 is 1.26 bits per heavy atom. The third kappa shape index (κ3) is 4.30. The van der Waals surface area contributed by atoms with E-state index in [2.05, 4.69) is 29.7 Å². The lowest BCUT2D eigenvalue weighted by Gasteiger charge is -2.30. The Balaban J connectivity index is 2.27. The first-order valence-corrected chi connectivity index (χ1v) is 8.00. The van der Waals surface area contributed by atoms with Crippen molar-refractivity contribution >= 4 is 23.3 Å². The number of carbonyl (C=O) groups is 1. The number of allylic oxidation sites excluding steroid dienone is 1. The summed E-state index contributed by atoms with van der Waals surface area (Å²) in [5.74, 6) is -0.369. The molecule has 1 unspecified atom stereocenters. The van der Waals surface area contributed by atoms with Gasteiger partial charge in [0, 0.05) is 12.8 Å². The fourth-order valence-electron chi connectivity index (χ4n) is 2.46. The summed E-state index contributed by atoms with van der Waals surface area (Å²) in [6, 6.07) is 7.83. The number of thiocarbonyl (C=S) groups is 1. The molecule has 2 N–H and O–H groups in total. The Hall–Kier alpha value is -1.92. The molecule has 1 aromatic carbocycles. The second-order valence-electron chi connectivity index (χ2n) is 5.29. The van der Waals surface area contributed by atoms with Crippen molar-refractivity contribution in [1.82, 2.24) is 10.6 Å². The zero-order valence-electron chi connectivity index (χ0n) is 13.6. The highest BCUT2D eigenvalue weighted by Crippen LogP contribution is 2.27. The van der Waals surface area contributed by atoms with Crippen molar-refractivity contribution in [3.63, 3.8) is 0 Å². The highest BCUT2D eigenvalue weighted by Gasteiger charge is 2.30. The zero-order chi connectivity index (χ0) is 16.8. The fraction of sp³-hybridized carbons (Fsp3) is 0.412. The number of benzene rings is 1. The van der Waals surface area contributed by atoms with Crippen LogP contribution in [0.2, 0.25) is 0 Å². The number of hydrogen-bond donors (Lipinski definition) is 2. The van der Waals surface area contributed by atoms with E-state index in [0.29, 0.717) is 23.0 Å². The molecule has 0 aromatic heterocycles. The molecule has 5 nitrogen and oxygen atoms in total. The summed E-state index contributed by atoms with van der Waals surface area (Å²) in [4.78, 5) is 12.4. The molecule has 124 valence electrons. The smallest absolute Gasteiger partial charge is 0.338 e. The second-order valence-corrected chi connectivity index (χ2v) is 5.70. The van der Waals surface area contributed by atoms with Gasteiger partial charge in [-0.3, -0.25) is 0 Å². The Morgan fingerprint density at radius 2 is 1.96 bits per heavy atom. The van der Waals surface area contributed by atoms with Crippen LogP contribution >= 0.6 is 12.2 Å². The van der Waals surface area contributed by atoms with Crippen molar-refractivity contribution in [3.05, 3.63) is 46.7 Å². The first kappa shape index (κ1) is 17.4. The molecule has 0 radical (unpaired) electrons. The lowest BCUT2D eigenvalue weighted by molar-refractivity contribution is -0.140. The monoisotopic (exact) mass is 334 g/mol. The first-order valence-electron chi connectivity index (χ1n) is 7.60. The minimum atomic E-state index is -0.369. The molecule has 1 atom stereocenters. The third-order valence-electron chi connectivity index (χ3n) is 3.73. The van der Waals surface area contributed by atoms with Gasteiger partial charge >= 0.3 is 5.97 Å². The maximum absolute atomic E-state index is 12.4. The normalized spacial score (nSPS) is 17.5. The average Bonchev–Trinajstić information content (AvgIpc) is 2.54. The predicted molar refractivity (Wildman–Crippen MR) is 93.0 cm³/mol. The highest BCUT2D eigenvalue weighted by atomic mass is 32.1. The van der Waals surface area contributed by atoms with Crippen LogP contribution in [0, 0.1) is 0 Å². The van der Waals surface area contributed by atoms with Gasteiger partial charge in [0.1, 0.15) is 6.61 Å². The minimum absolute atomic E-state index is 0.220. The van der Waals surface area contributed by atoms with Gasteiger partial charge in [-0.25, -0.2) is 4.79 Å². The van der Waals surface area contributed by atoms with Crippen LogP contribution in [-0.2, 0) is 20.7 Å². The minimum Gasteiger partial charge on any atom is -0.460 e. The van der Waals surface area contributed by atoms with Gasteiger partial charge in [-0.2, -0.15) is 0 Å². The molecule has 0 amide bonds. The number of hydrogen-bond acceptors (Lipinski definition) is 4. The molecule has 1 heterocycles. The molecule has 1 aliphatic heterocycles. The van der Waals surface area contributed by atoms with Crippen LogP contribution in [0.25, 0.3) is 0 Å². The molecule has 2 rings (SSSR count). The van der Waals surface area contributed by atoms with E-state index in [-0.39, 0.29) is 18.6 Å². The number of nitrogens with one attached hydrogen (secondary N) is 2. The summed E-state index contributed by atoms with van der Waals surface area (Å²) >= 11 is 5.23. The van der Waals surface area contributed by atoms with E-state index in [1.165, 1.54) is 5.56 Å². The van der Waals surface area contributed by atoms with Gasteiger partial charge in [0.05, 0.1) is 18.2 Å². The van der Waals surface area contributed by atoms with Crippen LogP contribution in [0.4, 0.5) is 0 Å². The van der Waals surface area contributed by atoms with Crippen LogP contribution in [0.1, 0.15) is 31.0 Å². The molecule has 0 fully saturated rings. The van der Waals surface area contributed by atoms with Gasteiger partial charge in [0.15, 0.2) is 5.11 Å². The largest absolute Gasteiger partial charge is 0.460 e. The van der Waals surface area contributed by atoms with Crippen LogP contribution in [0.15, 0.2) is 35.5 Å². The van der Waals surface area contributed by atoms with E-state index >= 15 is 0 Å². The lowest BCUT2D eigenvalue weighted by Crippen LogP contribution is -2.45. The van der Waals surface area contributed by atoms with Gasteiger partial charge in [-0.15, -0.1) is 0 Å². The molecular weight excluding hydrogens is 312 g/mol. The number of rotatable bonds is 6. The molecular formula is C17H22N2O3S. The van der Waals surface area contributed by atoms with Crippen LogP contribution < -0.4 is 10.6 Å². The molecule has 0 saturated heterocycles. The number of carbonyl (C=O) groups excluding carboxylic acids is 1. The summed E-state index contributed by atoms with van der Waals surface area (Å²) in [6.45, 7) is 4.52. The Morgan fingerprint density at radius 3 is 2.57 bits per heavy atom. The lowest BCUT2D eigenvalue weighted by atomic mass is 9.94. The Kier molecular flexibility index (Phi) is 6.12. The van der Waals surface area contributed by atoms with Crippen molar-refractivity contribution in [2.45, 2.75) is 26.3 Å². The number of methoxy groups -OCH3 is 1. The summed E-state index contributed by atoms with van der Waals surface area (Å²) in [5, 5.41) is 6.64. The molecule has 0 spiro atoms. The van der Waals surface area contributed by atoms with E-state index in [1.807, 2.05) is 19.1 Å². The summed E-state index contributed by atoms with van der Waals surface area (Å²) in [6.07, 6.45) is 0.971. The van der Waals surface area contributed by atoms with Crippen molar-refractivity contribution in [1.29, 1.82) is 0 Å². The van der Waals surface area contributed by atoms with Gasteiger partial charge in [0.2, 0.25) is 0 Å². The van der Waals surface area contributed by atoms with E-state index in [1.54, 1.807) is 7.11 Å². The second kappa shape index (κ2) is 8.08. The van der Waals surface area contributed by atoms with Crippen LogP contribution in [0.3, 0.4) is 0 Å². The zero-order valence-corrected chi connectivity index (χ0v) is 14.5. The van der Waals surface area contributed by atoms with Crippen LogP contribution in [0.5, 0.6) is 0 Å². The van der Waals surface area contributed by atoms with E-state index in [4.69, 9.17) is 21.7 Å². The van der Waals surface area contributed by atoms with Crippen LogP contribution in [-0.4, -0.2) is 31.4 Å². The Bertz CT molecular complexity index is 611. The summed E-state index contributed by atoms with van der Waals surface area (Å²) < 4.78 is 10.2. The van der Waals surface area contributed by atoms with Crippen molar-refractivity contribution in [2.75, 3.05) is 20.3 Å². The average molecular weight is 334 g/mol. The SMILES string of the molecule is CCc1ccc(C2NC(=S)NC(C)=C2C(=O)OCCOC)cc1. The summed E-state index contributed by atoms with van der Waals surface area (Å²) in [7, 11) is 1.57. The molecule has 6 heteroatoms. The van der Waals surface area contributed by atoms with E-state index < -0.39 is 0 Å². The maximum Gasteiger partial charge on any atom is 0.338 e. The molecule has 0 saturated carbocycles. The topological polar surface area (TPSA) is 59.6 Å². The predicted octanol–water partition coefficient (Wildman–Crippen LogP) is 2.23. The molecule has 0 bridgehead atoms. The molecule has 23 heavy (non-hydrogen) atoms. The number of esters is 1. The third-order valence-corrected chi connectivity index (χ3v) is 3.95. The van der Waals surface area contributed by atoms with Gasteiger partial charge in [-0.05, 0) is 36.7 Å². The standard InChI is InChI=1S/C17H22N2O3S/c1-4-12-5-7-13(8-6-12)15-14(11(2)18-17(23)19-15)16(20)22-10-9-21-3/h5-8,15H,4,9-10H2,1-3H3,(H2,18,19,23). The van der Waals surface area contributed by atoms with E-state index in [9.17, 15) is 4.79 Å². The van der Waals surface area contributed by atoms with Gasteiger partial charge in [0.25, 0.3) is 0 Å².